The summed E-state index contributed by atoms with van der Waals surface area (Å²) >= 11 is 0. The summed E-state index contributed by atoms with van der Waals surface area (Å²) in [6.45, 7) is 1.42. The van der Waals surface area contributed by atoms with E-state index in [1.54, 1.807) is 24.3 Å². The molecule has 0 spiro atoms. The number of ketones is 3. The van der Waals surface area contributed by atoms with E-state index in [4.69, 9.17) is 0 Å². The second-order valence-electron chi connectivity index (χ2n) is 4.87. The van der Waals surface area contributed by atoms with Gasteiger partial charge in [-0.25, -0.2) is 0 Å². The first-order chi connectivity index (χ1) is 9.06. The van der Waals surface area contributed by atoms with Crippen molar-refractivity contribution in [2.75, 3.05) is 0 Å². The van der Waals surface area contributed by atoms with Crippen LogP contribution in [-0.4, -0.2) is 17.3 Å². The van der Waals surface area contributed by atoms with Crippen molar-refractivity contribution in [1.82, 2.24) is 0 Å². The standard InChI is InChI=1S/C16H16O3/c1-12(17)16(10-5-8-15(16)19)11-9-14(18)13-6-3-2-4-7-13/h2-4,6-7,9,11H,5,8,10H2,1H3/b11-9+/t16-/m0/s1. The summed E-state index contributed by atoms with van der Waals surface area (Å²) in [6.07, 6.45) is 4.51. The zero-order valence-corrected chi connectivity index (χ0v) is 10.9. The van der Waals surface area contributed by atoms with Crippen LogP contribution in [0.1, 0.15) is 36.5 Å². The molecule has 0 aromatic heterocycles. The van der Waals surface area contributed by atoms with Gasteiger partial charge in [-0.15, -0.1) is 0 Å². The maximum atomic E-state index is 12.0. The monoisotopic (exact) mass is 256 g/mol. The van der Waals surface area contributed by atoms with Crippen molar-refractivity contribution < 1.29 is 14.4 Å². The molecule has 0 bridgehead atoms. The summed E-state index contributed by atoms with van der Waals surface area (Å²) < 4.78 is 0. The predicted octanol–water partition coefficient (Wildman–Crippen LogP) is 2.75. The van der Waals surface area contributed by atoms with Gasteiger partial charge in [-0.1, -0.05) is 36.4 Å². The lowest BCUT2D eigenvalue weighted by Gasteiger charge is -2.19. The van der Waals surface area contributed by atoms with Crippen LogP contribution in [0.4, 0.5) is 0 Å². The Hall–Kier alpha value is -2.03. The first-order valence-corrected chi connectivity index (χ1v) is 6.39. The number of carbonyl (C=O) groups is 3. The maximum absolute atomic E-state index is 12.0. The van der Waals surface area contributed by atoms with E-state index in [1.165, 1.54) is 19.1 Å². The average molecular weight is 256 g/mol. The molecular formula is C16H16O3. The molecule has 1 atom stereocenters. The molecule has 3 heteroatoms. The second kappa shape index (κ2) is 5.31. The molecule has 0 unspecified atom stereocenters. The van der Waals surface area contributed by atoms with Crippen molar-refractivity contribution in [1.29, 1.82) is 0 Å². The van der Waals surface area contributed by atoms with Crippen molar-refractivity contribution in [3.8, 4) is 0 Å². The molecule has 0 N–H and O–H groups in total. The van der Waals surface area contributed by atoms with Crippen LogP contribution in [0.15, 0.2) is 42.5 Å². The van der Waals surface area contributed by atoms with Crippen molar-refractivity contribution >= 4 is 17.3 Å². The van der Waals surface area contributed by atoms with Gasteiger partial charge in [-0.3, -0.25) is 14.4 Å². The third-order valence-corrected chi connectivity index (χ3v) is 3.68. The molecule has 98 valence electrons. The number of Topliss-reactive ketones (excluding diaryl/α,β-unsaturated/α-hetero) is 2. The van der Waals surface area contributed by atoms with Gasteiger partial charge in [-0.05, 0) is 25.8 Å². The van der Waals surface area contributed by atoms with E-state index in [0.717, 1.165) is 0 Å². The van der Waals surface area contributed by atoms with Crippen molar-refractivity contribution in [3.63, 3.8) is 0 Å². The highest BCUT2D eigenvalue weighted by Crippen LogP contribution is 2.37. The molecule has 0 radical (unpaired) electrons. The Balaban J connectivity index is 2.24. The van der Waals surface area contributed by atoms with E-state index in [0.29, 0.717) is 24.8 Å². The summed E-state index contributed by atoms with van der Waals surface area (Å²) in [5, 5.41) is 0. The molecule has 19 heavy (non-hydrogen) atoms. The van der Waals surface area contributed by atoms with Crippen molar-refractivity contribution in [2.45, 2.75) is 26.2 Å². The van der Waals surface area contributed by atoms with Crippen LogP contribution in [-0.2, 0) is 9.59 Å². The molecule has 3 nitrogen and oxygen atoms in total. The van der Waals surface area contributed by atoms with Crippen molar-refractivity contribution in [2.24, 2.45) is 5.41 Å². The average Bonchev–Trinajstić information content (AvgIpc) is 2.79. The van der Waals surface area contributed by atoms with Gasteiger partial charge in [0.1, 0.15) is 17.0 Å². The summed E-state index contributed by atoms with van der Waals surface area (Å²) in [7, 11) is 0. The molecule has 1 fully saturated rings. The maximum Gasteiger partial charge on any atom is 0.185 e. The third-order valence-electron chi connectivity index (χ3n) is 3.68. The fourth-order valence-electron chi connectivity index (χ4n) is 2.47. The van der Waals surface area contributed by atoms with E-state index in [1.807, 2.05) is 6.07 Å². The van der Waals surface area contributed by atoms with Crippen LogP contribution in [0.3, 0.4) is 0 Å². The summed E-state index contributed by atoms with van der Waals surface area (Å²) in [5.41, 5.74) is -0.507. The Kier molecular flexibility index (Phi) is 3.74. The number of carbonyl (C=O) groups excluding carboxylic acids is 3. The van der Waals surface area contributed by atoms with Gasteiger partial charge in [-0.2, -0.15) is 0 Å². The van der Waals surface area contributed by atoms with Crippen LogP contribution in [0.5, 0.6) is 0 Å². The molecule has 1 aromatic carbocycles. The summed E-state index contributed by atoms with van der Waals surface area (Å²) in [6, 6.07) is 8.82. The molecule has 1 aliphatic carbocycles. The van der Waals surface area contributed by atoms with Gasteiger partial charge in [0, 0.05) is 12.0 Å². The highest BCUT2D eigenvalue weighted by atomic mass is 16.2. The Bertz CT molecular complexity index is 542. The van der Waals surface area contributed by atoms with Gasteiger partial charge in [0.15, 0.2) is 5.78 Å². The Morgan fingerprint density at radius 1 is 1.21 bits per heavy atom. The molecule has 1 saturated carbocycles. The molecule has 1 aromatic rings. The van der Waals surface area contributed by atoms with Gasteiger partial charge >= 0.3 is 0 Å². The third kappa shape index (κ3) is 2.55. The van der Waals surface area contributed by atoms with Gasteiger partial charge < -0.3 is 0 Å². The summed E-state index contributed by atoms with van der Waals surface area (Å²) in [5.74, 6) is -0.426. The molecule has 0 saturated heterocycles. The number of allylic oxidation sites excluding steroid dienone is 2. The molecule has 0 aliphatic heterocycles. The molecule has 2 rings (SSSR count). The predicted molar refractivity (Wildman–Crippen MR) is 71.9 cm³/mol. The number of rotatable bonds is 4. The number of hydrogen-bond donors (Lipinski definition) is 0. The molecular weight excluding hydrogens is 240 g/mol. The molecule has 0 amide bonds. The minimum Gasteiger partial charge on any atom is -0.299 e. The largest absolute Gasteiger partial charge is 0.299 e. The van der Waals surface area contributed by atoms with E-state index in [-0.39, 0.29) is 17.3 Å². The highest BCUT2D eigenvalue weighted by molar-refractivity contribution is 6.11. The Morgan fingerprint density at radius 2 is 1.89 bits per heavy atom. The Morgan fingerprint density at radius 3 is 2.42 bits per heavy atom. The van der Waals surface area contributed by atoms with E-state index in [9.17, 15) is 14.4 Å². The number of benzene rings is 1. The quantitative estimate of drug-likeness (QED) is 0.473. The lowest BCUT2D eigenvalue weighted by Crippen LogP contribution is -2.31. The van der Waals surface area contributed by atoms with E-state index >= 15 is 0 Å². The lowest BCUT2D eigenvalue weighted by molar-refractivity contribution is -0.134. The minimum absolute atomic E-state index is 0.0721. The van der Waals surface area contributed by atoms with Crippen LogP contribution < -0.4 is 0 Å². The van der Waals surface area contributed by atoms with Crippen molar-refractivity contribution in [3.05, 3.63) is 48.0 Å². The normalized spacial score (nSPS) is 22.9. The number of hydrogen-bond acceptors (Lipinski definition) is 3. The zero-order valence-electron chi connectivity index (χ0n) is 10.9. The fraction of sp³-hybridized carbons (Fsp3) is 0.312. The molecule has 0 heterocycles. The van der Waals surface area contributed by atoms with E-state index < -0.39 is 5.41 Å². The van der Waals surface area contributed by atoms with Gasteiger partial charge in [0.2, 0.25) is 0 Å². The topological polar surface area (TPSA) is 51.2 Å². The second-order valence-corrected chi connectivity index (χ2v) is 4.87. The SMILES string of the molecule is CC(=O)[C@@]1(/C=C/C(=O)c2ccccc2)CCCC1=O. The molecule has 1 aliphatic rings. The first kappa shape index (κ1) is 13.4. The minimum atomic E-state index is -1.07. The summed E-state index contributed by atoms with van der Waals surface area (Å²) in [4.78, 5) is 35.6. The highest BCUT2D eigenvalue weighted by Gasteiger charge is 2.43. The van der Waals surface area contributed by atoms with Crippen LogP contribution >= 0.6 is 0 Å². The van der Waals surface area contributed by atoms with Crippen LogP contribution in [0.25, 0.3) is 0 Å². The fourth-order valence-corrected chi connectivity index (χ4v) is 2.47. The van der Waals surface area contributed by atoms with Crippen LogP contribution in [0, 0.1) is 5.41 Å². The van der Waals surface area contributed by atoms with Gasteiger partial charge in [0.25, 0.3) is 0 Å². The van der Waals surface area contributed by atoms with Gasteiger partial charge in [0.05, 0.1) is 0 Å². The zero-order chi connectivity index (χ0) is 13.9. The smallest absolute Gasteiger partial charge is 0.185 e. The van der Waals surface area contributed by atoms with Crippen LogP contribution in [0.2, 0.25) is 0 Å². The Labute approximate surface area is 112 Å². The lowest BCUT2D eigenvalue weighted by atomic mass is 9.80. The first-order valence-electron chi connectivity index (χ1n) is 6.39. The van der Waals surface area contributed by atoms with E-state index in [2.05, 4.69) is 0 Å².